The van der Waals surface area contributed by atoms with Crippen molar-refractivity contribution in [3.8, 4) is 0 Å². The summed E-state index contributed by atoms with van der Waals surface area (Å²) >= 11 is 2.24. The van der Waals surface area contributed by atoms with E-state index < -0.39 is 0 Å². The Morgan fingerprint density at radius 2 is 2.22 bits per heavy atom. The first-order valence-electron chi connectivity index (χ1n) is 6.72. The van der Waals surface area contributed by atoms with Crippen molar-refractivity contribution in [3.05, 3.63) is 16.0 Å². The van der Waals surface area contributed by atoms with E-state index in [0.717, 1.165) is 41.6 Å². The van der Waals surface area contributed by atoms with Gasteiger partial charge in [0.1, 0.15) is 0 Å². The zero-order valence-electron chi connectivity index (χ0n) is 10.9. The van der Waals surface area contributed by atoms with Crippen molar-refractivity contribution in [1.82, 2.24) is 15.3 Å². The minimum atomic E-state index is 0.730. The Morgan fingerprint density at radius 1 is 1.44 bits per heavy atom. The van der Waals surface area contributed by atoms with E-state index >= 15 is 0 Å². The topological polar surface area (TPSA) is 41.0 Å². The molecule has 5 heteroatoms. The van der Waals surface area contributed by atoms with E-state index in [-0.39, 0.29) is 0 Å². The van der Waals surface area contributed by atoms with Crippen LogP contribution in [-0.2, 0) is 0 Å². The van der Waals surface area contributed by atoms with Crippen LogP contribution in [0.4, 0.5) is 5.95 Å². The van der Waals surface area contributed by atoms with Gasteiger partial charge in [-0.25, -0.2) is 9.97 Å². The second-order valence-electron chi connectivity index (χ2n) is 4.86. The van der Waals surface area contributed by atoms with Gasteiger partial charge in [0.05, 0.1) is 0 Å². The van der Waals surface area contributed by atoms with Gasteiger partial charge in [-0.15, -0.1) is 0 Å². The molecule has 1 unspecified atom stereocenters. The number of piperidine rings is 1. The first-order valence-corrected chi connectivity index (χ1v) is 7.80. The Balaban J connectivity index is 1.88. The molecule has 2 heterocycles. The monoisotopic (exact) mass is 360 g/mol. The molecule has 1 atom stereocenters. The third-order valence-electron chi connectivity index (χ3n) is 3.27. The van der Waals surface area contributed by atoms with Crippen molar-refractivity contribution in [2.45, 2.75) is 26.2 Å². The first-order chi connectivity index (χ1) is 8.79. The molecule has 0 bridgehead atoms. The summed E-state index contributed by atoms with van der Waals surface area (Å²) in [5.41, 5.74) is 0. The average molecular weight is 360 g/mol. The quantitative estimate of drug-likeness (QED) is 0.646. The van der Waals surface area contributed by atoms with Crippen LogP contribution in [0, 0.1) is 9.49 Å². The fourth-order valence-corrected chi connectivity index (χ4v) is 2.64. The first kappa shape index (κ1) is 14.0. The maximum Gasteiger partial charge on any atom is 0.225 e. The second kappa shape index (κ2) is 7.23. The van der Waals surface area contributed by atoms with Gasteiger partial charge >= 0.3 is 0 Å². The molecule has 100 valence electrons. The van der Waals surface area contributed by atoms with Crippen LogP contribution in [0.25, 0.3) is 0 Å². The Bertz CT molecular complexity index is 355. The number of hydrogen-bond donors (Lipinski definition) is 1. The fourth-order valence-electron chi connectivity index (χ4n) is 2.37. The number of halogens is 1. The molecule has 1 aliphatic rings. The van der Waals surface area contributed by atoms with E-state index in [4.69, 9.17) is 0 Å². The molecule has 1 fully saturated rings. The summed E-state index contributed by atoms with van der Waals surface area (Å²) in [5, 5.41) is 3.52. The zero-order chi connectivity index (χ0) is 12.8. The van der Waals surface area contributed by atoms with Crippen molar-refractivity contribution in [2.75, 3.05) is 31.1 Å². The van der Waals surface area contributed by atoms with E-state index in [1.165, 1.54) is 19.3 Å². The molecule has 0 aromatic carbocycles. The Morgan fingerprint density at radius 3 is 2.94 bits per heavy atom. The third-order valence-corrected chi connectivity index (χ3v) is 3.83. The van der Waals surface area contributed by atoms with Crippen LogP contribution in [0.15, 0.2) is 12.4 Å². The van der Waals surface area contributed by atoms with E-state index in [2.05, 4.69) is 49.7 Å². The molecule has 1 saturated heterocycles. The van der Waals surface area contributed by atoms with Gasteiger partial charge in [-0.2, -0.15) is 0 Å². The van der Waals surface area contributed by atoms with Gasteiger partial charge in [-0.1, -0.05) is 6.92 Å². The number of hydrogen-bond acceptors (Lipinski definition) is 4. The standard InChI is InChI=1S/C13H21IN4/c1-2-5-15-7-11-4-3-6-18(10-11)13-16-8-12(14)9-17-13/h8-9,11,15H,2-7,10H2,1H3. The maximum atomic E-state index is 4.42. The maximum absolute atomic E-state index is 4.42. The van der Waals surface area contributed by atoms with E-state index in [1.807, 2.05) is 12.4 Å². The number of nitrogens with one attached hydrogen (secondary N) is 1. The van der Waals surface area contributed by atoms with Crippen LogP contribution in [0.1, 0.15) is 26.2 Å². The van der Waals surface area contributed by atoms with E-state index in [1.54, 1.807) is 0 Å². The lowest BCUT2D eigenvalue weighted by atomic mass is 9.98. The minimum Gasteiger partial charge on any atom is -0.341 e. The third kappa shape index (κ3) is 4.05. The van der Waals surface area contributed by atoms with E-state index in [0.29, 0.717) is 0 Å². The van der Waals surface area contributed by atoms with Crippen LogP contribution in [0.2, 0.25) is 0 Å². The molecular weight excluding hydrogens is 339 g/mol. The molecule has 0 radical (unpaired) electrons. The minimum absolute atomic E-state index is 0.730. The normalized spacial score (nSPS) is 20.1. The highest BCUT2D eigenvalue weighted by Gasteiger charge is 2.21. The SMILES string of the molecule is CCCNCC1CCCN(c2ncc(I)cn2)C1. The summed E-state index contributed by atoms with van der Waals surface area (Å²) in [6.45, 7) is 6.62. The lowest BCUT2D eigenvalue weighted by Gasteiger charge is -2.32. The summed E-state index contributed by atoms with van der Waals surface area (Å²) < 4.78 is 1.09. The number of aromatic nitrogens is 2. The molecule has 0 saturated carbocycles. The van der Waals surface area contributed by atoms with Crippen molar-refractivity contribution >= 4 is 28.5 Å². The predicted molar refractivity (Wildman–Crippen MR) is 82.8 cm³/mol. The molecule has 4 nitrogen and oxygen atoms in total. The molecule has 1 N–H and O–H groups in total. The molecule has 0 spiro atoms. The van der Waals surface area contributed by atoms with Crippen molar-refractivity contribution in [3.63, 3.8) is 0 Å². The Hall–Kier alpha value is -0.430. The molecule has 1 aromatic rings. The van der Waals surface area contributed by atoms with Crippen molar-refractivity contribution in [1.29, 1.82) is 0 Å². The Labute approximate surface area is 123 Å². The number of rotatable bonds is 5. The zero-order valence-corrected chi connectivity index (χ0v) is 13.1. The van der Waals surface area contributed by atoms with E-state index in [9.17, 15) is 0 Å². The summed E-state index contributed by atoms with van der Waals surface area (Å²) in [5.74, 6) is 1.61. The van der Waals surface area contributed by atoms with Gasteiger partial charge in [0.15, 0.2) is 0 Å². The van der Waals surface area contributed by atoms with Crippen LogP contribution in [0.5, 0.6) is 0 Å². The summed E-state index contributed by atoms with van der Waals surface area (Å²) in [6.07, 6.45) is 7.55. The van der Waals surface area contributed by atoms with Gasteiger partial charge in [0, 0.05) is 29.1 Å². The fraction of sp³-hybridized carbons (Fsp3) is 0.692. The van der Waals surface area contributed by atoms with Crippen molar-refractivity contribution < 1.29 is 0 Å². The van der Waals surface area contributed by atoms with Crippen LogP contribution < -0.4 is 10.2 Å². The molecule has 1 aromatic heterocycles. The van der Waals surface area contributed by atoms with Crippen LogP contribution in [0.3, 0.4) is 0 Å². The van der Waals surface area contributed by atoms with Gasteiger partial charge in [0.25, 0.3) is 0 Å². The number of nitrogens with zero attached hydrogens (tertiary/aromatic N) is 3. The van der Waals surface area contributed by atoms with Gasteiger partial charge < -0.3 is 10.2 Å². The van der Waals surface area contributed by atoms with Crippen molar-refractivity contribution in [2.24, 2.45) is 5.92 Å². The highest BCUT2D eigenvalue weighted by Crippen LogP contribution is 2.19. The average Bonchev–Trinajstić information content (AvgIpc) is 2.40. The smallest absolute Gasteiger partial charge is 0.225 e. The largest absolute Gasteiger partial charge is 0.341 e. The summed E-state index contributed by atoms with van der Waals surface area (Å²) in [4.78, 5) is 11.2. The molecular formula is C13H21IN4. The van der Waals surface area contributed by atoms with Gasteiger partial charge in [0.2, 0.25) is 5.95 Å². The van der Waals surface area contributed by atoms with Gasteiger partial charge in [-0.3, -0.25) is 0 Å². The molecule has 1 aliphatic heterocycles. The van der Waals surface area contributed by atoms with Crippen LogP contribution in [-0.4, -0.2) is 36.1 Å². The molecule has 0 aliphatic carbocycles. The highest BCUT2D eigenvalue weighted by atomic mass is 127. The highest BCUT2D eigenvalue weighted by molar-refractivity contribution is 14.1. The summed E-state index contributed by atoms with van der Waals surface area (Å²) in [7, 11) is 0. The molecule has 18 heavy (non-hydrogen) atoms. The molecule has 2 rings (SSSR count). The van der Waals surface area contributed by atoms with Gasteiger partial charge in [-0.05, 0) is 60.9 Å². The predicted octanol–water partition coefficient (Wildman–Crippen LogP) is 2.30. The summed E-state index contributed by atoms with van der Waals surface area (Å²) in [6, 6.07) is 0. The lowest BCUT2D eigenvalue weighted by Crippen LogP contribution is -2.40. The second-order valence-corrected chi connectivity index (χ2v) is 6.11. The number of anilines is 1. The molecule has 0 amide bonds. The lowest BCUT2D eigenvalue weighted by molar-refractivity contribution is 0.389. The Kier molecular flexibility index (Phi) is 5.62. The van der Waals surface area contributed by atoms with Crippen LogP contribution >= 0.6 is 22.6 Å².